The van der Waals surface area contributed by atoms with Crippen LogP contribution in [-0.4, -0.2) is 57.8 Å². The number of aliphatic hydroxyl groups is 1. The predicted molar refractivity (Wildman–Crippen MR) is 78.6 cm³/mol. The number of likely N-dealkylation sites (N-methyl/N-ethyl adjacent to an activating group) is 1. The highest BCUT2D eigenvalue weighted by Crippen LogP contribution is 2.40. The van der Waals surface area contributed by atoms with Gasteiger partial charge in [0.25, 0.3) is 0 Å². The molecule has 0 bridgehead atoms. The standard InChI is InChI=1S/C14H23F3N4O2/c1-10(2)20(3)7-5-18-11(22)9-13(23,14(15,16)17)12-19-6-8-21(12)4/h6,8,10,23H,5,7,9H2,1-4H3,(H,18,22). The minimum absolute atomic E-state index is 0.196. The molecule has 0 aliphatic carbocycles. The molecule has 1 aromatic rings. The second kappa shape index (κ2) is 7.31. The number of nitrogens with one attached hydrogen (secondary N) is 1. The van der Waals surface area contributed by atoms with Crippen LogP contribution in [0.15, 0.2) is 12.4 Å². The molecule has 1 amide bonds. The van der Waals surface area contributed by atoms with Gasteiger partial charge in [0.2, 0.25) is 11.5 Å². The quantitative estimate of drug-likeness (QED) is 0.780. The topological polar surface area (TPSA) is 70.4 Å². The number of hydrogen-bond donors (Lipinski definition) is 2. The summed E-state index contributed by atoms with van der Waals surface area (Å²) >= 11 is 0. The Bertz CT molecular complexity index is 530. The molecular weight excluding hydrogens is 313 g/mol. The summed E-state index contributed by atoms with van der Waals surface area (Å²) in [6.45, 7) is 4.62. The van der Waals surface area contributed by atoms with Gasteiger partial charge in [-0.05, 0) is 20.9 Å². The number of hydrogen-bond acceptors (Lipinski definition) is 4. The van der Waals surface area contributed by atoms with Crippen LogP contribution < -0.4 is 5.32 Å². The maximum absolute atomic E-state index is 13.3. The molecule has 0 aliphatic heterocycles. The van der Waals surface area contributed by atoms with Gasteiger partial charge >= 0.3 is 6.18 Å². The van der Waals surface area contributed by atoms with Crippen molar-refractivity contribution in [3.8, 4) is 0 Å². The first-order chi connectivity index (χ1) is 10.5. The van der Waals surface area contributed by atoms with Gasteiger partial charge in [0.1, 0.15) is 0 Å². The zero-order valence-corrected chi connectivity index (χ0v) is 13.7. The molecule has 0 saturated heterocycles. The first-order valence-corrected chi connectivity index (χ1v) is 7.23. The van der Waals surface area contributed by atoms with Gasteiger partial charge in [-0.15, -0.1) is 0 Å². The van der Waals surface area contributed by atoms with E-state index in [2.05, 4.69) is 10.3 Å². The maximum atomic E-state index is 13.3. The Labute approximate surface area is 133 Å². The predicted octanol–water partition coefficient (Wildman–Crippen LogP) is 1.02. The monoisotopic (exact) mass is 336 g/mol. The Morgan fingerprint density at radius 3 is 2.52 bits per heavy atom. The lowest BCUT2D eigenvalue weighted by Crippen LogP contribution is -2.48. The zero-order chi connectivity index (χ0) is 17.8. The summed E-state index contributed by atoms with van der Waals surface area (Å²) in [5.74, 6) is -1.50. The Morgan fingerprint density at radius 2 is 2.09 bits per heavy atom. The fraction of sp³-hybridized carbons (Fsp3) is 0.714. The third kappa shape index (κ3) is 4.68. The smallest absolute Gasteiger partial charge is 0.374 e. The number of carbonyl (C=O) groups is 1. The molecule has 9 heteroatoms. The minimum Gasteiger partial charge on any atom is -0.374 e. The van der Waals surface area contributed by atoms with Crippen molar-refractivity contribution in [2.24, 2.45) is 7.05 Å². The number of nitrogens with zero attached hydrogens (tertiary/aromatic N) is 3. The molecule has 1 atom stereocenters. The summed E-state index contributed by atoms with van der Waals surface area (Å²) in [4.78, 5) is 17.3. The normalized spacial score (nSPS) is 15.0. The molecule has 0 saturated carbocycles. The van der Waals surface area contributed by atoms with Crippen LogP contribution >= 0.6 is 0 Å². The summed E-state index contributed by atoms with van der Waals surface area (Å²) in [6, 6.07) is 0.256. The fourth-order valence-corrected chi connectivity index (χ4v) is 1.99. The van der Waals surface area contributed by atoms with Crippen LogP contribution in [0.5, 0.6) is 0 Å². The molecule has 0 aromatic carbocycles. The molecule has 23 heavy (non-hydrogen) atoms. The van der Waals surface area contributed by atoms with Crippen molar-refractivity contribution in [1.29, 1.82) is 0 Å². The van der Waals surface area contributed by atoms with Crippen molar-refractivity contribution in [3.05, 3.63) is 18.2 Å². The molecule has 1 unspecified atom stereocenters. The summed E-state index contributed by atoms with van der Waals surface area (Å²) in [7, 11) is 3.17. The van der Waals surface area contributed by atoms with E-state index in [0.29, 0.717) is 6.54 Å². The Balaban J connectivity index is 2.76. The Hall–Kier alpha value is -1.61. The molecule has 1 heterocycles. The van der Waals surface area contributed by atoms with Crippen LogP contribution in [-0.2, 0) is 17.4 Å². The van der Waals surface area contributed by atoms with Crippen molar-refractivity contribution in [2.75, 3.05) is 20.1 Å². The van der Waals surface area contributed by atoms with E-state index in [-0.39, 0.29) is 12.6 Å². The van der Waals surface area contributed by atoms with Gasteiger partial charge in [0, 0.05) is 38.6 Å². The van der Waals surface area contributed by atoms with Crippen molar-refractivity contribution < 1.29 is 23.1 Å². The first-order valence-electron chi connectivity index (χ1n) is 7.23. The molecule has 0 aliphatic rings. The molecule has 0 radical (unpaired) electrons. The van der Waals surface area contributed by atoms with Crippen LogP contribution in [0.3, 0.4) is 0 Å². The van der Waals surface area contributed by atoms with Crippen molar-refractivity contribution in [1.82, 2.24) is 19.8 Å². The number of amides is 1. The van der Waals surface area contributed by atoms with E-state index in [1.807, 2.05) is 25.8 Å². The van der Waals surface area contributed by atoms with E-state index in [9.17, 15) is 23.1 Å². The van der Waals surface area contributed by atoms with Gasteiger partial charge in [0.05, 0.1) is 6.42 Å². The van der Waals surface area contributed by atoms with E-state index in [4.69, 9.17) is 0 Å². The first kappa shape index (κ1) is 19.4. The van der Waals surface area contributed by atoms with Crippen LogP contribution in [0.4, 0.5) is 13.2 Å². The molecular formula is C14H23F3N4O2. The maximum Gasteiger partial charge on any atom is 0.425 e. The van der Waals surface area contributed by atoms with E-state index in [0.717, 1.165) is 10.8 Å². The summed E-state index contributed by atoms with van der Waals surface area (Å²) in [6.07, 6.45) is -3.73. The lowest BCUT2D eigenvalue weighted by molar-refractivity contribution is -0.271. The van der Waals surface area contributed by atoms with Gasteiger partial charge in [-0.2, -0.15) is 13.2 Å². The van der Waals surface area contributed by atoms with Crippen LogP contribution in [0.1, 0.15) is 26.1 Å². The molecule has 6 nitrogen and oxygen atoms in total. The van der Waals surface area contributed by atoms with Gasteiger partial charge < -0.3 is 19.9 Å². The third-order valence-corrected chi connectivity index (χ3v) is 3.74. The summed E-state index contributed by atoms with van der Waals surface area (Å²) in [5, 5.41) is 12.5. The fourth-order valence-electron chi connectivity index (χ4n) is 1.99. The van der Waals surface area contributed by atoms with Crippen LogP contribution in [0, 0.1) is 0 Å². The second-order valence-electron chi connectivity index (χ2n) is 5.82. The van der Waals surface area contributed by atoms with Crippen LogP contribution in [0.2, 0.25) is 0 Å². The number of rotatable bonds is 7. The second-order valence-corrected chi connectivity index (χ2v) is 5.82. The number of carbonyl (C=O) groups excluding carboxylic acids is 1. The van der Waals surface area contributed by atoms with Gasteiger partial charge in [-0.1, -0.05) is 0 Å². The average molecular weight is 336 g/mol. The van der Waals surface area contributed by atoms with E-state index >= 15 is 0 Å². The van der Waals surface area contributed by atoms with E-state index in [1.165, 1.54) is 13.2 Å². The van der Waals surface area contributed by atoms with Crippen molar-refractivity contribution in [2.45, 2.75) is 38.1 Å². The number of alkyl halides is 3. The highest BCUT2D eigenvalue weighted by molar-refractivity contribution is 5.77. The molecule has 0 fully saturated rings. The zero-order valence-electron chi connectivity index (χ0n) is 13.7. The number of halogens is 3. The van der Waals surface area contributed by atoms with E-state index in [1.54, 1.807) is 0 Å². The number of aromatic nitrogens is 2. The van der Waals surface area contributed by atoms with Gasteiger partial charge in [0.15, 0.2) is 5.82 Å². The minimum atomic E-state index is -5.02. The molecule has 1 rings (SSSR count). The average Bonchev–Trinajstić information content (AvgIpc) is 2.83. The highest BCUT2D eigenvalue weighted by Gasteiger charge is 2.58. The lowest BCUT2D eigenvalue weighted by atomic mass is 9.97. The Kier molecular flexibility index (Phi) is 6.18. The number of imidazole rings is 1. The van der Waals surface area contributed by atoms with Crippen molar-refractivity contribution in [3.63, 3.8) is 0 Å². The van der Waals surface area contributed by atoms with E-state index < -0.39 is 29.9 Å². The summed E-state index contributed by atoms with van der Waals surface area (Å²) < 4.78 is 40.9. The van der Waals surface area contributed by atoms with Crippen molar-refractivity contribution >= 4 is 5.91 Å². The highest BCUT2D eigenvalue weighted by atomic mass is 19.4. The largest absolute Gasteiger partial charge is 0.425 e. The summed E-state index contributed by atoms with van der Waals surface area (Å²) in [5.41, 5.74) is -3.32. The third-order valence-electron chi connectivity index (χ3n) is 3.74. The van der Waals surface area contributed by atoms with Crippen LogP contribution in [0.25, 0.3) is 0 Å². The lowest BCUT2D eigenvalue weighted by Gasteiger charge is -2.29. The van der Waals surface area contributed by atoms with Gasteiger partial charge in [-0.3, -0.25) is 4.79 Å². The molecule has 2 N–H and O–H groups in total. The number of aryl methyl sites for hydroxylation is 1. The Morgan fingerprint density at radius 1 is 1.48 bits per heavy atom. The molecule has 0 spiro atoms. The van der Waals surface area contributed by atoms with Gasteiger partial charge in [-0.25, -0.2) is 4.98 Å². The molecule has 1 aromatic heterocycles. The molecule has 132 valence electrons. The SMILES string of the molecule is CC(C)N(C)CCNC(=O)CC(O)(c1nccn1C)C(F)(F)F.